The molecule has 0 atom stereocenters. The number of rotatable bonds is 5. The first-order valence-corrected chi connectivity index (χ1v) is 6.65. The van der Waals surface area contributed by atoms with Crippen molar-refractivity contribution in [3.63, 3.8) is 0 Å². The van der Waals surface area contributed by atoms with Crippen molar-refractivity contribution in [2.75, 3.05) is 0 Å². The van der Waals surface area contributed by atoms with Crippen molar-refractivity contribution in [3.8, 4) is 0 Å². The third-order valence-corrected chi connectivity index (χ3v) is 3.57. The zero-order valence-corrected chi connectivity index (χ0v) is 11.5. The summed E-state index contributed by atoms with van der Waals surface area (Å²) in [7, 11) is 0. The summed E-state index contributed by atoms with van der Waals surface area (Å²) in [6.45, 7) is 5.87. The molecular formula is C11H16N4O2S. The Morgan fingerprint density at radius 3 is 2.78 bits per heavy atom. The second kappa shape index (κ2) is 4.64. The molecule has 0 aliphatic heterocycles. The molecule has 0 radical (unpaired) electrons. The van der Waals surface area contributed by atoms with Crippen molar-refractivity contribution in [2.24, 2.45) is 5.41 Å². The second-order valence-corrected chi connectivity index (χ2v) is 6.11. The van der Waals surface area contributed by atoms with E-state index in [4.69, 9.17) is 5.11 Å². The normalized spacial score (nSPS) is 12.2. The van der Waals surface area contributed by atoms with Gasteiger partial charge in [-0.25, -0.2) is 0 Å². The zero-order valence-electron chi connectivity index (χ0n) is 10.7. The molecule has 7 heteroatoms. The number of carboxylic acids is 1. The van der Waals surface area contributed by atoms with E-state index in [1.165, 1.54) is 11.3 Å². The largest absolute Gasteiger partial charge is 0.481 e. The highest BCUT2D eigenvalue weighted by Crippen LogP contribution is 2.28. The third-order valence-electron chi connectivity index (χ3n) is 2.67. The number of hydrogen-bond acceptors (Lipinski definition) is 5. The van der Waals surface area contributed by atoms with Crippen molar-refractivity contribution in [1.29, 1.82) is 0 Å². The van der Waals surface area contributed by atoms with Crippen molar-refractivity contribution < 1.29 is 9.90 Å². The van der Waals surface area contributed by atoms with E-state index in [0.29, 0.717) is 6.42 Å². The molecule has 6 nitrogen and oxygen atoms in total. The quantitative estimate of drug-likeness (QED) is 0.894. The molecule has 2 aromatic rings. The standard InChI is InChI=1S/C11H16N4O2S/c1-4-7-12-13-10-15(7)14-8(18-10)5-11(2,3)6-9(16)17/h4-6H2,1-3H3,(H,16,17). The van der Waals surface area contributed by atoms with Gasteiger partial charge in [0, 0.05) is 12.8 Å². The van der Waals surface area contributed by atoms with Gasteiger partial charge < -0.3 is 5.11 Å². The maximum atomic E-state index is 10.8. The molecule has 0 spiro atoms. The fraction of sp³-hybridized carbons (Fsp3) is 0.636. The first kappa shape index (κ1) is 12.9. The van der Waals surface area contributed by atoms with Gasteiger partial charge in [-0.1, -0.05) is 32.1 Å². The summed E-state index contributed by atoms with van der Waals surface area (Å²) in [5.41, 5.74) is -0.304. The maximum Gasteiger partial charge on any atom is 0.303 e. The first-order valence-electron chi connectivity index (χ1n) is 5.83. The number of fused-ring (bicyclic) bond motifs is 1. The Morgan fingerprint density at radius 1 is 1.44 bits per heavy atom. The predicted molar refractivity (Wildman–Crippen MR) is 67.8 cm³/mol. The summed E-state index contributed by atoms with van der Waals surface area (Å²) in [5.74, 6) is 0.0563. The Hall–Kier alpha value is -1.50. The maximum absolute atomic E-state index is 10.8. The number of aliphatic carboxylic acids is 1. The average molecular weight is 268 g/mol. The van der Waals surface area contributed by atoms with Crippen molar-refractivity contribution in [3.05, 3.63) is 10.8 Å². The van der Waals surface area contributed by atoms with Crippen LogP contribution in [0, 0.1) is 5.41 Å². The van der Waals surface area contributed by atoms with E-state index in [2.05, 4.69) is 15.3 Å². The highest BCUT2D eigenvalue weighted by Gasteiger charge is 2.24. The fourth-order valence-electron chi connectivity index (χ4n) is 1.87. The minimum atomic E-state index is -0.780. The summed E-state index contributed by atoms with van der Waals surface area (Å²) in [5, 5.41) is 22.3. The smallest absolute Gasteiger partial charge is 0.303 e. The van der Waals surface area contributed by atoms with Crippen LogP contribution in [-0.4, -0.2) is 30.9 Å². The zero-order chi connectivity index (χ0) is 13.3. The lowest BCUT2D eigenvalue weighted by molar-refractivity contribution is -0.139. The highest BCUT2D eigenvalue weighted by atomic mass is 32.1. The van der Waals surface area contributed by atoms with Crippen molar-refractivity contribution in [1.82, 2.24) is 19.8 Å². The third kappa shape index (κ3) is 2.66. The van der Waals surface area contributed by atoms with Crippen LogP contribution in [0.3, 0.4) is 0 Å². The molecule has 0 saturated heterocycles. The van der Waals surface area contributed by atoms with E-state index in [9.17, 15) is 4.79 Å². The van der Waals surface area contributed by atoms with E-state index in [1.807, 2.05) is 20.8 Å². The summed E-state index contributed by atoms with van der Waals surface area (Å²) >= 11 is 1.47. The highest BCUT2D eigenvalue weighted by molar-refractivity contribution is 7.16. The Kier molecular flexibility index (Phi) is 3.34. The molecule has 2 aromatic heterocycles. The Bertz CT molecular complexity index is 573. The lowest BCUT2D eigenvalue weighted by atomic mass is 9.86. The van der Waals surface area contributed by atoms with Crippen LogP contribution in [0.2, 0.25) is 0 Å². The molecule has 2 rings (SSSR count). The molecule has 0 saturated carbocycles. The minimum absolute atomic E-state index is 0.133. The van der Waals surface area contributed by atoms with Crippen molar-refractivity contribution in [2.45, 2.75) is 40.0 Å². The SMILES string of the molecule is CCc1nnc2sc(CC(C)(C)CC(=O)O)nn12. The van der Waals surface area contributed by atoms with Gasteiger partial charge in [-0.3, -0.25) is 4.79 Å². The number of aryl methyl sites for hydroxylation is 1. The molecule has 18 heavy (non-hydrogen) atoms. The van der Waals surface area contributed by atoms with Crippen molar-refractivity contribution >= 4 is 22.3 Å². The van der Waals surface area contributed by atoms with Crippen LogP contribution in [0.15, 0.2) is 0 Å². The van der Waals surface area contributed by atoms with E-state index in [-0.39, 0.29) is 11.8 Å². The number of hydrogen-bond donors (Lipinski definition) is 1. The van der Waals surface area contributed by atoms with E-state index >= 15 is 0 Å². The molecule has 1 N–H and O–H groups in total. The second-order valence-electron chi connectivity index (χ2n) is 5.07. The van der Waals surface area contributed by atoms with Gasteiger partial charge in [0.2, 0.25) is 4.96 Å². The van der Waals surface area contributed by atoms with Crippen LogP contribution < -0.4 is 0 Å². The predicted octanol–water partition coefficient (Wildman–Crippen LogP) is 1.79. The lowest BCUT2D eigenvalue weighted by Crippen LogP contribution is -2.19. The topological polar surface area (TPSA) is 80.4 Å². The molecule has 0 bridgehead atoms. The molecule has 98 valence electrons. The molecule has 0 fully saturated rings. The molecule has 0 amide bonds. The Balaban J connectivity index is 2.21. The number of aromatic nitrogens is 4. The summed E-state index contributed by atoms with van der Waals surface area (Å²) in [4.78, 5) is 11.6. The van der Waals surface area contributed by atoms with Crippen LogP contribution in [-0.2, 0) is 17.6 Å². The van der Waals surface area contributed by atoms with Gasteiger partial charge in [-0.15, -0.1) is 10.2 Å². The number of carboxylic acid groups (broad SMARTS) is 1. The fourth-order valence-corrected chi connectivity index (χ4v) is 2.98. The monoisotopic (exact) mass is 268 g/mol. The lowest BCUT2D eigenvalue weighted by Gasteiger charge is -2.20. The van der Waals surface area contributed by atoms with E-state index < -0.39 is 5.97 Å². The van der Waals surface area contributed by atoms with Gasteiger partial charge in [-0.05, 0) is 5.41 Å². The van der Waals surface area contributed by atoms with Crippen LogP contribution in [0.25, 0.3) is 4.96 Å². The summed E-state index contributed by atoms with van der Waals surface area (Å²) in [6.07, 6.45) is 1.55. The van der Waals surface area contributed by atoms with Crippen LogP contribution in [0.1, 0.15) is 38.0 Å². The minimum Gasteiger partial charge on any atom is -0.481 e. The molecular weight excluding hydrogens is 252 g/mol. The van der Waals surface area contributed by atoms with E-state index in [0.717, 1.165) is 22.2 Å². The van der Waals surface area contributed by atoms with Gasteiger partial charge in [0.15, 0.2) is 5.82 Å². The molecule has 0 aliphatic rings. The average Bonchev–Trinajstić information content (AvgIpc) is 2.73. The van der Waals surface area contributed by atoms with Gasteiger partial charge in [-0.2, -0.15) is 9.61 Å². The van der Waals surface area contributed by atoms with Crippen LogP contribution >= 0.6 is 11.3 Å². The van der Waals surface area contributed by atoms with Gasteiger partial charge in [0.1, 0.15) is 5.01 Å². The Labute approximate surface area is 109 Å². The van der Waals surface area contributed by atoms with Gasteiger partial charge in [0.05, 0.1) is 6.42 Å². The molecule has 2 heterocycles. The molecule has 0 unspecified atom stereocenters. The van der Waals surface area contributed by atoms with E-state index in [1.54, 1.807) is 4.52 Å². The number of carbonyl (C=O) groups is 1. The first-order chi connectivity index (χ1) is 8.41. The van der Waals surface area contributed by atoms with Crippen LogP contribution in [0.4, 0.5) is 0 Å². The molecule has 0 aromatic carbocycles. The molecule has 0 aliphatic carbocycles. The summed E-state index contributed by atoms with van der Waals surface area (Å²) < 4.78 is 1.75. The van der Waals surface area contributed by atoms with Crippen LogP contribution in [0.5, 0.6) is 0 Å². The van der Waals surface area contributed by atoms with Gasteiger partial charge >= 0.3 is 5.97 Å². The Morgan fingerprint density at radius 2 is 2.17 bits per heavy atom. The number of nitrogens with zero attached hydrogens (tertiary/aromatic N) is 4. The summed E-state index contributed by atoms with van der Waals surface area (Å²) in [6, 6.07) is 0. The van der Waals surface area contributed by atoms with Gasteiger partial charge in [0.25, 0.3) is 0 Å².